The highest BCUT2D eigenvalue weighted by Crippen LogP contribution is 2.33. The summed E-state index contributed by atoms with van der Waals surface area (Å²) in [6.07, 6.45) is 3.23. The zero-order valence-corrected chi connectivity index (χ0v) is 25.5. The number of phenolic OH excluding ortho intramolecular Hbond substituents is 1. The van der Waals surface area contributed by atoms with Gasteiger partial charge in [-0.15, -0.1) is 10.2 Å². The van der Waals surface area contributed by atoms with Crippen molar-refractivity contribution in [2.24, 2.45) is 19.8 Å². The Bertz CT molecular complexity index is 1820. The van der Waals surface area contributed by atoms with E-state index in [0.29, 0.717) is 33.4 Å². The molecule has 44 heavy (non-hydrogen) atoms. The van der Waals surface area contributed by atoms with Gasteiger partial charge < -0.3 is 26.0 Å². The Morgan fingerprint density at radius 3 is 2.32 bits per heavy atom. The average Bonchev–Trinajstić information content (AvgIpc) is 3.61. The molecule has 0 saturated heterocycles. The number of amides is 2. The van der Waals surface area contributed by atoms with Gasteiger partial charge in [-0.25, -0.2) is 0 Å². The molecule has 0 aliphatic heterocycles. The van der Waals surface area contributed by atoms with Crippen LogP contribution in [0.15, 0.2) is 79.3 Å². The van der Waals surface area contributed by atoms with Gasteiger partial charge in [0.25, 0.3) is 5.91 Å². The molecule has 0 aliphatic carbocycles. The molecule has 5 N–H and O–H groups in total. The number of aromatic nitrogens is 5. The zero-order valence-electron chi connectivity index (χ0n) is 24.7. The van der Waals surface area contributed by atoms with Crippen molar-refractivity contribution in [3.05, 3.63) is 101 Å². The Hall–Kier alpha value is -5.00. The molecule has 1 unspecified atom stereocenters. The van der Waals surface area contributed by atoms with Crippen LogP contribution < -0.4 is 16.4 Å². The smallest absolute Gasteiger partial charge is 0.270 e. The molecule has 0 saturated carbocycles. The Balaban J connectivity index is 1.43. The summed E-state index contributed by atoms with van der Waals surface area (Å²) in [4.78, 5) is 26.9. The summed E-state index contributed by atoms with van der Waals surface area (Å²) in [5.41, 5.74) is 10.1. The topological polar surface area (TPSA) is 153 Å². The lowest BCUT2D eigenvalue weighted by Gasteiger charge is -2.22. The highest BCUT2D eigenvalue weighted by atomic mass is 35.5. The first-order valence-electron chi connectivity index (χ1n) is 13.9. The molecule has 0 bridgehead atoms. The van der Waals surface area contributed by atoms with Gasteiger partial charge in [0.05, 0.1) is 0 Å². The highest BCUT2D eigenvalue weighted by molar-refractivity contribution is 6.31. The van der Waals surface area contributed by atoms with Gasteiger partial charge in [0, 0.05) is 54.1 Å². The number of nitrogens with two attached hydrogens (primary N) is 1. The number of nitrogens with one attached hydrogen (secondary N) is 2. The maximum absolute atomic E-state index is 13.7. The SMILES string of the molecule is Cn1cnnc1-c1ccc(NC(=O)C(Cc2cc(-c3ccc(O)c(C(C)(C)N)c3)ccc2Cl)NC(=O)c2ccnn2C)cc1. The van der Waals surface area contributed by atoms with E-state index < -0.39 is 23.4 Å². The van der Waals surface area contributed by atoms with Crippen molar-refractivity contribution in [1.29, 1.82) is 0 Å². The van der Waals surface area contributed by atoms with Crippen LogP contribution in [-0.2, 0) is 30.8 Å². The van der Waals surface area contributed by atoms with Crippen LogP contribution in [0.4, 0.5) is 5.69 Å². The number of hydrogen-bond donors (Lipinski definition) is 4. The fourth-order valence-electron chi connectivity index (χ4n) is 4.88. The summed E-state index contributed by atoms with van der Waals surface area (Å²) in [6, 6.07) is 18.5. The van der Waals surface area contributed by atoms with Crippen LogP contribution in [0.3, 0.4) is 0 Å². The molecule has 0 fully saturated rings. The molecule has 12 heteroatoms. The van der Waals surface area contributed by atoms with Gasteiger partial charge in [0.15, 0.2) is 5.82 Å². The fourth-order valence-corrected chi connectivity index (χ4v) is 5.07. The van der Waals surface area contributed by atoms with Crippen molar-refractivity contribution in [2.75, 3.05) is 5.32 Å². The van der Waals surface area contributed by atoms with E-state index in [1.165, 1.54) is 10.9 Å². The lowest BCUT2D eigenvalue weighted by Crippen LogP contribution is -2.45. The number of rotatable bonds is 9. The molecule has 0 spiro atoms. The van der Waals surface area contributed by atoms with E-state index in [1.807, 2.05) is 51.2 Å². The normalized spacial score (nSPS) is 12.1. The minimum absolute atomic E-state index is 0.104. The molecule has 5 aromatic rings. The standard InChI is InChI=1S/C32H33ClN8O3/c1-32(2,34)24-16-21(8-12-28(24)42)20-7-11-25(33)22(15-20)17-26(38-31(44)27-13-14-36-41(27)4)30(43)37-23-9-5-19(6-10-23)29-39-35-18-40(29)3/h5-16,18,26,42H,17,34H2,1-4H3,(H,37,43)(H,38,44). The summed E-state index contributed by atoms with van der Waals surface area (Å²) in [5.74, 6) is -0.0854. The molecular weight excluding hydrogens is 580 g/mol. The van der Waals surface area contributed by atoms with E-state index in [0.717, 1.165) is 16.7 Å². The van der Waals surface area contributed by atoms with Gasteiger partial charge in [0.1, 0.15) is 23.8 Å². The van der Waals surface area contributed by atoms with Crippen molar-refractivity contribution in [3.8, 4) is 28.3 Å². The van der Waals surface area contributed by atoms with E-state index in [1.54, 1.807) is 54.3 Å². The van der Waals surface area contributed by atoms with Crippen LogP contribution in [0, 0.1) is 0 Å². The van der Waals surface area contributed by atoms with E-state index in [9.17, 15) is 14.7 Å². The van der Waals surface area contributed by atoms with Crippen molar-refractivity contribution >= 4 is 29.1 Å². The van der Waals surface area contributed by atoms with Gasteiger partial charge in [-0.2, -0.15) is 5.10 Å². The van der Waals surface area contributed by atoms with Crippen molar-refractivity contribution in [2.45, 2.75) is 31.8 Å². The van der Waals surface area contributed by atoms with Crippen LogP contribution in [0.25, 0.3) is 22.5 Å². The van der Waals surface area contributed by atoms with E-state index in [2.05, 4.69) is 25.9 Å². The number of benzene rings is 3. The maximum Gasteiger partial charge on any atom is 0.270 e. The lowest BCUT2D eigenvalue weighted by atomic mass is 9.90. The summed E-state index contributed by atoms with van der Waals surface area (Å²) in [6.45, 7) is 3.63. The molecule has 1 atom stereocenters. The van der Waals surface area contributed by atoms with Crippen LogP contribution in [0.5, 0.6) is 5.75 Å². The number of halogens is 1. The summed E-state index contributed by atoms with van der Waals surface area (Å²) in [7, 11) is 3.50. The third kappa shape index (κ3) is 6.64. The summed E-state index contributed by atoms with van der Waals surface area (Å²) < 4.78 is 3.23. The predicted octanol–water partition coefficient (Wildman–Crippen LogP) is 4.42. The van der Waals surface area contributed by atoms with Crippen LogP contribution in [-0.4, -0.2) is 47.5 Å². The zero-order chi connectivity index (χ0) is 31.6. The number of phenols is 1. The predicted molar refractivity (Wildman–Crippen MR) is 169 cm³/mol. The van der Waals surface area contributed by atoms with Gasteiger partial charge in [0.2, 0.25) is 5.91 Å². The van der Waals surface area contributed by atoms with E-state index in [4.69, 9.17) is 17.3 Å². The third-order valence-electron chi connectivity index (χ3n) is 7.29. The minimum Gasteiger partial charge on any atom is -0.508 e. The molecule has 2 aromatic heterocycles. The Morgan fingerprint density at radius 1 is 1.00 bits per heavy atom. The molecule has 11 nitrogen and oxygen atoms in total. The molecule has 3 aromatic carbocycles. The summed E-state index contributed by atoms with van der Waals surface area (Å²) in [5, 5.41) is 28.7. The summed E-state index contributed by atoms with van der Waals surface area (Å²) >= 11 is 6.63. The van der Waals surface area contributed by atoms with Crippen molar-refractivity contribution in [1.82, 2.24) is 29.9 Å². The second kappa shape index (κ2) is 12.3. The van der Waals surface area contributed by atoms with Crippen LogP contribution >= 0.6 is 11.6 Å². The number of aryl methyl sites for hydroxylation is 2. The van der Waals surface area contributed by atoms with Crippen LogP contribution in [0.2, 0.25) is 5.02 Å². The van der Waals surface area contributed by atoms with E-state index in [-0.39, 0.29) is 12.2 Å². The Morgan fingerprint density at radius 2 is 1.68 bits per heavy atom. The minimum atomic E-state index is -0.984. The number of aromatic hydroxyl groups is 1. The second-order valence-electron chi connectivity index (χ2n) is 11.2. The molecule has 2 heterocycles. The van der Waals surface area contributed by atoms with Crippen molar-refractivity contribution < 1.29 is 14.7 Å². The fraction of sp³-hybridized carbons (Fsp3) is 0.219. The van der Waals surface area contributed by atoms with Gasteiger partial charge >= 0.3 is 0 Å². The van der Waals surface area contributed by atoms with Gasteiger partial charge in [-0.1, -0.05) is 23.7 Å². The molecule has 0 radical (unpaired) electrons. The number of hydrogen-bond acceptors (Lipinski definition) is 7. The number of nitrogens with zero attached hydrogens (tertiary/aromatic N) is 5. The van der Waals surface area contributed by atoms with Gasteiger partial charge in [-0.05, 0) is 85.1 Å². The quantitative estimate of drug-likeness (QED) is 0.192. The monoisotopic (exact) mass is 612 g/mol. The Kier molecular flexibility index (Phi) is 8.52. The lowest BCUT2D eigenvalue weighted by molar-refractivity contribution is -0.118. The molecule has 226 valence electrons. The largest absolute Gasteiger partial charge is 0.508 e. The first kappa shape index (κ1) is 30.5. The maximum atomic E-state index is 13.7. The second-order valence-corrected chi connectivity index (χ2v) is 11.6. The number of anilines is 1. The molecular formula is C32H33ClN8O3. The average molecular weight is 613 g/mol. The molecule has 2 amide bonds. The van der Waals surface area contributed by atoms with Crippen LogP contribution in [0.1, 0.15) is 35.5 Å². The first-order chi connectivity index (χ1) is 20.9. The third-order valence-corrected chi connectivity index (χ3v) is 7.66. The molecule has 5 rings (SSSR count). The molecule has 0 aliphatic rings. The number of carbonyl (C=O) groups is 2. The number of carbonyl (C=O) groups excluding carboxylic acids is 2. The first-order valence-corrected chi connectivity index (χ1v) is 14.2. The van der Waals surface area contributed by atoms with Gasteiger partial charge in [-0.3, -0.25) is 14.3 Å². The highest BCUT2D eigenvalue weighted by Gasteiger charge is 2.25. The van der Waals surface area contributed by atoms with E-state index >= 15 is 0 Å². The Labute approximate surface area is 259 Å². The van der Waals surface area contributed by atoms with Crippen molar-refractivity contribution in [3.63, 3.8) is 0 Å².